The number of carboxylic acid groups (broad SMARTS) is 1. The van der Waals surface area contributed by atoms with Crippen LogP contribution >= 0.6 is 0 Å². The number of fused-ring (bicyclic) bond motifs is 1. The van der Waals surface area contributed by atoms with E-state index in [0.717, 1.165) is 12.8 Å². The number of nitrogens with zero attached hydrogens (tertiary/aromatic N) is 4. The summed E-state index contributed by atoms with van der Waals surface area (Å²) in [5.74, 6) is -0.376. The molecule has 8 nitrogen and oxygen atoms in total. The van der Waals surface area contributed by atoms with E-state index < -0.39 is 16.9 Å². The van der Waals surface area contributed by atoms with Crippen molar-refractivity contribution >= 4 is 28.5 Å². The Morgan fingerprint density at radius 1 is 1.36 bits per heavy atom. The third-order valence-electron chi connectivity index (χ3n) is 3.81. The fourth-order valence-electron chi connectivity index (χ4n) is 2.70. The molecule has 2 aromatic rings. The van der Waals surface area contributed by atoms with Crippen LogP contribution in [0.5, 0.6) is 0 Å². The Labute approximate surface area is 125 Å². The average Bonchev–Trinajstić information content (AvgIpc) is 2.53. The van der Waals surface area contributed by atoms with Crippen LogP contribution in [0.2, 0.25) is 0 Å². The van der Waals surface area contributed by atoms with E-state index in [1.807, 2.05) is 0 Å². The van der Waals surface area contributed by atoms with Gasteiger partial charge in [-0.15, -0.1) is 0 Å². The van der Waals surface area contributed by atoms with Crippen LogP contribution in [0.1, 0.15) is 19.3 Å². The van der Waals surface area contributed by atoms with Crippen molar-refractivity contribution in [2.24, 2.45) is 0 Å². The fraction of sp³-hybridized carbons (Fsp3) is 0.357. The van der Waals surface area contributed by atoms with Gasteiger partial charge in [-0.3, -0.25) is 15.1 Å². The first kappa shape index (κ1) is 14.2. The summed E-state index contributed by atoms with van der Waals surface area (Å²) >= 11 is 0. The molecular formula is C14H14N4O4. The van der Waals surface area contributed by atoms with E-state index in [2.05, 4.69) is 9.97 Å². The molecule has 8 heteroatoms. The first-order chi connectivity index (χ1) is 10.6. The van der Waals surface area contributed by atoms with E-state index in [1.165, 1.54) is 24.4 Å². The molecule has 1 aromatic heterocycles. The molecule has 1 fully saturated rings. The Morgan fingerprint density at radius 2 is 2.18 bits per heavy atom. The highest BCUT2D eigenvalue weighted by molar-refractivity contribution is 5.81. The van der Waals surface area contributed by atoms with Gasteiger partial charge in [0.2, 0.25) is 0 Å². The number of piperidine rings is 1. The van der Waals surface area contributed by atoms with Crippen LogP contribution in [0.4, 0.5) is 11.5 Å². The molecule has 1 aliphatic heterocycles. The molecule has 1 atom stereocenters. The number of carboxylic acids is 1. The van der Waals surface area contributed by atoms with Gasteiger partial charge in [0.15, 0.2) is 0 Å². The smallest absolute Gasteiger partial charge is 0.326 e. The van der Waals surface area contributed by atoms with Crippen LogP contribution in [0.25, 0.3) is 11.0 Å². The highest BCUT2D eigenvalue weighted by atomic mass is 16.6. The predicted octanol–water partition coefficient (Wildman–Crippen LogP) is 1.98. The summed E-state index contributed by atoms with van der Waals surface area (Å²) in [6.07, 6.45) is 3.84. The van der Waals surface area contributed by atoms with Gasteiger partial charge in [-0.05, 0) is 25.3 Å². The summed E-state index contributed by atoms with van der Waals surface area (Å²) in [5, 5.41) is 20.1. The number of non-ortho nitro benzene ring substituents is 1. The van der Waals surface area contributed by atoms with Crippen molar-refractivity contribution < 1.29 is 14.8 Å². The quantitative estimate of drug-likeness (QED) is 0.681. The molecule has 0 radical (unpaired) electrons. The first-order valence-corrected chi connectivity index (χ1v) is 6.97. The van der Waals surface area contributed by atoms with Gasteiger partial charge in [0.05, 0.1) is 22.2 Å². The molecule has 1 aliphatic rings. The Kier molecular flexibility index (Phi) is 3.58. The topological polar surface area (TPSA) is 109 Å². The minimum atomic E-state index is -0.870. The molecule has 22 heavy (non-hydrogen) atoms. The zero-order valence-corrected chi connectivity index (χ0v) is 11.7. The lowest BCUT2D eigenvalue weighted by molar-refractivity contribution is -0.384. The lowest BCUT2D eigenvalue weighted by atomic mass is 10.0. The summed E-state index contributed by atoms with van der Waals surface area (Å²) in [6, 6.07) is 3.66. The van der Waals surface area contributed by atoms with Gasteiger partial charge < -0.3 is 10.0 Å². The van der Waals surface area contributed by atoms with Crippen molar-refractivity contribution in [1.82, 2.24) is 9.97 Å². The molecule has 3 rings (SSSR count). The van der Waals surface area contributed by atoms with Crippen LogP contribution in [0, 0.1) is 10.1 Å². The zero-order chi connectivity index (χ0) is 15.7. The van der Waals surface area contributed by atoms with Gasteiger partial charge in [0.25, 0.3) is 5.69 Å². The second-order valence-electron chi connectivity index (χ2n) is 5.20. The molecule has 1 N–H and O–H groups in total. The van der Waals surface area contributed by atoms with Crippen molar-refractivity contribution in [1.29, 1.82) is 0 Å². The van der Waals surface area contributed by atoms with Crippen LogP contribution in [-0.4, -0.2) is 38.6 Å². The molecule has 2 heterocycles. The second kappa shape index (κ2) is 5.55. The van der Waals surface area contributed by atoms with Crippen molar-refractivity contribution in [2.75, 3.05) is 11.4 Å². The van der Waals surface area contributed by atoms with Crippen molar-refractivity contribution in [3.8, 4) is 0 Å². The van der Waals surface area contributed by atoms with Crippen LogP contribution < -0.4 is 4.90 Å². The van der Waals surface area contributed by atoms with Gasteiger partial charge in [0, 0.05) is 18.7 Å². The third-order valence-corrected chi connectivity index (χ3v) is 3.81. The molecule has 0 aliphatic carbocycles. The molecule has 1 saturated heterocycles. The molecule has 0 saturated carbocycles. The van der Waals surface area contributed by atoms with Crippen LogP contribution in [-0.2, 0) is 4.79 Å². The average molecular weight is 302 g/mol. The molecule has 0 unspecified atom stereocenters. The number of aliphatic carboxylic acids is 1. The number of nitro groups is 1. The Hall–Kier alpha value is -2.77. The maximum Gasteiger partial charge on any atom is 0.326 e. The van der Waals surface area contributed by atoms with Crippen molar-refractivity contribution in [2.45, 2.75) is 25.3 Å². The van der Waals surface area contributed by atoms with Gasteiger partial charge >= 0.3 is 5.97 Å². The van der Waals surface area contributed by atoms with E-state index in [1.54, 1.807) is 4.90 Å². The summed E-state index contributed by atoms with van der Waals surface area (Å²) in [6.45, 7) is 0.615. The highest BCUT2D eigenvalue weighted by Crippen LogP contribution is 2.25. The maximum atomic E-state index is 11.4. The standard InChI is InChI=1S/C14H14N4O4/c19-14(20)12-3-1-2-6-17(12)13-8-15-11-7-9(18(21)22)4-5-10(11)16-13/h4-5,7-8,12H,1-3,6H2,(H,19,20)/t12-/m0/s1. The molecule has 0 spiro atoms. The molecule has 114 valence electrons. The normalized spacial score (nSPS) is 18.4. The number of nitro benzene ring substituents is 1. The van der Waals surface area contributed by atoms with Crippen molar-refractivity contribution in [3.05, 3.63) is 34.5 Å². The Morgan fingerprint density at radius 3 is 2.91 bits per heavy atom. The molecule has 0 amide bonds. The van der Waals surface area contributed by atoms with Gasteiger partial charge in [0.1, 0.15) is 11.9 Å². The summed E-state index contributed by atoms with van der Waals surface area (Å²) in [4.78, 5) is 32.0. The van der Waals surface area contributed by atoms with E-state index >= 15 is 0 Å². The molecular weight excluding hydrogens is 288 g/mol. The van der Waals surface area contributed by atoms with Crippen LogP contribution in [0.3, 0.4) is 0 Å². The first-order valence-electron chi connectivity index (χ1n) is 6.97. The van der Waals surface area contributed by atoms with Gasteiger partial charge in [-0.25, -0.2) is 9.78 Å². The second-order valence-corrected chi connectivity index (χ2v) is 5.20. The number of anilines is 1. The maximum absolute atomic E-state index is 11.4. The Bertz CT molecular complexity index is 749. The molecule has 1 aromatic carbocycles. The number of benzene rings is 1. The minimum Gasteiger partial charge on any atom is -0.480 e. The summed E-state index contributed by atoms with van der Waals surface area (Å²) in [5.41, 5.74) is 0.885. The van der Waals surface area contributed by atoms with Gasteiger partial charge in [-0.1, -0.05) is 0 Å². The van der Waals surface area contributed by atoms with E-state index in [0.29, 0.717) is 29.8 Å². The predicted molar refractivity (Wildman–Crippen MR) is 78.8 cm³/mol. The molecule has 0 bridgehead atoms. The number of carbonyl (C=O) groups is 1. The van der Waals surface area contributed by atoms with Crippen molar-refractivity contribution in [3.63, 3.8) is 0 Å². The van der Waals surface area contributed by atoms with Gasteiger partial charge in [-0.2, -0.15) is 0 Å². The minimum absolute atomic E-state index is 0.0454. The lowest BCUT2D eigenvalue weighted by Crippen LogP contribution is -2.45. The van der Waals surface area contributed by atoms with E-state index in [9.17, 15) is 20.0 Å². The highest BCUT2D eigenvalue weighted by Gasteiger charge is 2.29. The number of rotatable bonds is 3. The number of aromatic nitrogens is 2. The fourth-order valence-corrected chi connectivity index (χ4v) is 2.70. The lowest BCUT2D eigenvalue weighted by Gasteiger charge is -2.33. The summed E-state index contributed by atoms with van der Waals surface area (Å²) in [7, 11) is 0. The number of hydrogen-bond donors (Lipinski definition) is 1. The van der Waals surface area contributed by atoms with E-state index in [-0.39, 0.29) is 5.69 Å². The third kappa shape index (κ3) is 2.54. The summed E-state index contributed by atoms with van der Waals surface area (Å²) < 4.78 is 0. The largest absolute Gasteiger partial charge is 0.480 e. The van der Waals surface area contributed by atoms with E-state index in [4.69, 9.17) is 0 Å². The zero-order valence-electron chi connectivity index (χ0n) is 11.7. The van der Waals surface area contributed by atoms with Crippen LogP contribution in [0.15, 0.2) is 24.4 Å². The SMILES string of the molecule is O=C(O)[C@@H]1CCCCN1c1cnc2cc([N+](=O)[O-])ccc2n1. The monoisotopic (exact) mass is 302 g/mol. The number of hydrogen-bond acceptors (Lipinski definition) is 6. The Balaban J connectivity index is 1.99.